The Balaban J connectivity index is 1.43. The summed E-state index contributed by atoms with van der Waals surface area (Å²) in [5, 5.41) is 4.40. The molecule has 2 amide bonds. The molecule has 0 saturated heterocycles. The van der Waals surface area contributed by atoms with Gasteiger partial charge in [0.15, 0.2) is 0 Å². The number of halogens is 1. The average Bonchev–Trinajstić information content (AvgIpc) is 2.83. The van der Waals surface area contributed by atoms with Crippen molar-refractivity contribution in [3.8, 4) is 5.69 Å². The van der Waals surface area contributed by atoms with Gasteiger partial charge in [-0.3, -0.25) is 19.0 Å². The molecule has 0 fully saturated rings. The van der Waals surface area contributed by atoms with Crippen LogP contribution in [0.1, 0.15) is 17.3 Å². The molecule has 0 saturated carbocycles. The van der Waals surface area contributed by atoms with E-state index in [0.29, 0.717) is 16.1 Å². The zero-order valence-electron chi connectivity index (χ0n) is 18.4. The summed E-state index contributed by atoms with van der Waals surface area (Å²) in [4.78, 5) is 36.9. The van der Waals surface area contributed by atoms with E-state index in [2.05, 4.69) is 5.32 Å². The summed E-state index contributed by atoms with van der Waals surface area (Å²) < 4.78 is 28.8. The van der Waals surface area contributed by atoms with Crippen molar-refractivity contribution in [2.75, 3.05) is 0 Å². The third-order valence-electron chi connectivity index (χ3n) is 5.29. The molecule has 35 heavy (non-hydrogen) atoms. The van der Waals surface area contributed by atoms with Crippen LogP contribution < -0.4 is 15.6 Å². The smallest absolute Gasteiger partial charge is 0.264 e. The monoisotopic (exact) mass is 509 g/mol. The Kier molecular flexibility index (Phi) is 6.72. The van der Waals surface area contributed by atoms with Crippen LogP contribution in [0.25, 0.3) is 16.5 Å². The number of carbonyl (C=O) groups is 2. The van der Waals surface area contributed by atoms with E-state index < -0.39 is 27.9 Å². The summed E-state index contributed by atoms with van der Waals surface area (Å²) in [6, 6.07) is 19.3. The maximum Gasteiger partial charge on any atom is 0.264 e. The molecule has 1 atom stereocenters. The summed E-state index contributed by atoms with van der Waals surface area (Å²) in [7, 11) is -4.16. The predicted molar refractivity (Wildman–Crippen MR) is 133 cm³/mol. The molecular weight excluding hydrogens is 490 g/mol. The number of carbonyl (C=O) groups excluding carboxylic acids is 2. The Hall–Kier alpha value is -3.95. The number of pyridine rings is 1. The molecule has 1 aromatic heterocycles. The highest BCUT2D eigenvalue weighted by Crippen LogP contribution is 2.22. The van der Waals surface area contributed by atoms with Gasteiger partial charge in [-0.2, -0.15) is 0 Å². The molecule has 2 N–H and O–H groups in total. The fraction of sp³-hybridized carbons (Fsp3) is 0.0800. The molecule has 0 radical (unpaired) electrons. The van der Waals surface area contributed by atoms with Crippen molar-refractivity contribution in [1.29, 1.82) is 0 Å². The predicted octanol–water partition coefficient (Wildman–Crippen LogP) is 3.27. The highest BCUT2D eigenvalue weighted by molar-refractivity contribution is 7.90. The molecular formula is C25H20ClN3O5S. The zero-order chi connectivity index (χ0) is 25.2. The molecule has 0 spiro atoms. The standard InChI is InChI=1S/C25H20ClN3O5S/c1-16(27-25(32)17-6-10-21(11-7-17)29-13-3-2-4-23(29)30)24(31)28-35(33,34)22-12-8-18-14-20(26)9-5-19(18)15-22/h2-16H,1H3,(H,27,32)(H,28,31). The number of fused-ring (bicyclic) bond motifs is 1. The van der Waals surface area contributed by atoms with Crippen molar-refractivity contribution in [3.63, 3.8) is 0 Å². The van der Waals surface area contributed by atoms with Crippen LogP contribution in [0.5, 0.6) is 0 Å². The molecule has 4 rings (SSSR count). The minimum Gasteiger partial charge on any atom is -0.340 e. The first-order valence-corrected chi connectivity index (χ1v) is 12.4. The van der Waals surface area contributed by atoms with Crippen molar-refractivity contribution in [2.45, 2.75) is 17.9 Å². The Morgan fingerprint density at radius 1 is 0.914 bits per heavy atom. The first-order valence-electron chi connectivity index (χ1n) is 10.5. The number of nitrogens with zero attached hydrogens (tertiary/aromatic N) is 1. The topological polar surface area (TPSA) is 114 Å². The lowest BCUT2D eigenvalue weighted by atomic mass is 10.1. The van der Waals surface area contributed by atoms with E-state index in [1.54, 1.807) is 54.7 Å². The number of hydrogen-bond acceptors (Lipinski definition) is 5. The molecule has 0 aliphatic rings. The maximum atomic E-state index is 12.7. The number of hydrogen-bond donors (Lipinski definition) is 2. The summed E-state index contributed by atoms with van der Waals surface area (Å²) in [6.07, 6.45) is 1.61. The number of sulfonamides is 1. The van der Waals surface area contributed by atoms with Gasteiger partial charge in [-0.05, 0) is 72.3 Å². The van der Waals surface area contributed by atoms with Crippen LogP contribution in [0.3, 0.4) is 0 Å². The van der Waals surface area contributed by atoms with E-state index in [9.17, 15) is 22.8 Å². The van der Waals surface area contributed by atoms with Gasteiger partial charge >= 0.3 is 0 Å². The summed E-state index contributed by atoms with van der Waals surface area (Å²) in [5.41, 5.74) is 0.599. The normalized spacial score (nSPS) is 12.2. The quantitative estimate of drug-likeness (QED) is 0.414. The molecule has 0 aliphatic heterocycles. The molecule has 178 valence electrons. The maximum absolute atomic E-state index is 12.7. The van der Waals surface area contributed by atoms with Crippen LogP contribution in [0.2, 0.25) is 5.02 Å². The molecule has 0 aliphatic carbocycles. The molecule has 8 nitrogen and oxygen atoms in total. The first kappa shape index (κ1) is 24.2. The van der Waals surface area contributed by atoms with Crippen molar-refractivity contribution in [2.24, 2.45) is 0 Å². The second-order valence-corrected chi connectivity index (χ2v) is 9.89. The average molecular weight is 510 g/mol. The van der Waals surface area contributed by atoms with E-state index in [1.165, 1.54) is 41.8 Å². The number of amides is 2. The number of benzene rings is 3. The molecule has 0 bridgehead atoms. The lowest BCUT2D eigenvalue weighted by Crippen LogP contribution is -2.46. The van der Waals surface area contributed by atoms with Crippen molar-refractivity contribution in [3.05, 3.63) is 106 Å². The zero-order valence-corrected chi connectivity index (χ0v) is 20.0. The number of nitrogens with one attached hydrogen (secondary N) is 2. The Morgan fingerprint density at radius 3 is 2.31 bits per heavy atom. The highest BCUT2D eigenvalue weighted by Gasteiger charge is 2.23. The van der Waals surface area contributed by atoms with E-state index in [4.69, 9.17) is 11.6 Å². The van der Waals surface area contributed by atoms with Crippen LogP contribution in [-0.2, 0) is 14.8 Å². The molecule has 1 unspecified atom stereocenters. The van der Waals surface area contributed by atoms with Crippen molar-refractivity contribution >= 4 is 44.2 Å². The second-order valence-electron chi connectivity index (χ2n) is 7.77. The third kappa shape index (κ3) is 5.42. The SMILES string of the molecule is CC(NC(=O)c1ccc(-n2ccccc2=O)cc1)C(=O)NS(=O)(=O)c1ccc2cc(Cl)ccc2c1. The van der Waals surface area contributed by atoms with Crippen LogP contribution in [-0.4, -0.2) is 30.8 Å². The number of aromatic nitrogens is 1. The van der Waals surface area contributed by atoms with Crippen molar-refractivity contribution in [1.82, 2.24) is 14.6 Å². The minimum absolute atomic E-state index is 0.0917. The van der Waals surface area contributed by atoms with Gasteiger partial charge in [-0.15, -0.1) is 0 Å². The highest BCUT2D eigenvalue weighted by atomic mass is 35.5. The summed E-state index contributed by atoms with van der Waals surface area (Å²) in [5.74, 6) is -1.46. The Labute approximate surface area is 206 Å². The van der Waals surface area contributed by atoms with Crippen LogP contribution >= 0.6 is 11.6 Å². The summed E-state index contributed by atoms with van der Waals surface area (Å²) >= 11 is 5.96. The Bertz CT molecular complexity index is 1600. The van der Waals surface area contributed by atoms with Gasteiger partial charge in [0, 0.05) is 28.5 Å². The van der Waals surface area contributed by atoms with Gasteiger partial charge in [0.05, 0.1) is 4.90 Å². The van der Waals surface area contributed by atoms with Gasteiger partial charge in [0.1, 0.15) is 6.04 Å². The second kappa shape index (κ2) is 9.73. The van der Waals surface area contributed by atoms with E-state index >= 15 is 0 Å². The molecule has 3 aromatic carbocycles. The van der Waals surface area contributed by atoms with Gasteiger partial charge in [0.25, 0.3) is 27.4 Å². The van der Waals surface area contributed by atoms with E-state index in [-0.39, 0.29) is 16.0 Å². The molecule has 4 aromatic rings. The van der Waals surface area contributed by atoms with E-state index in [1.807, 2.05) is 4.72 Å². The van der Waals surface area contributed by atoms with Gasteiger partial charge in [0.2, 0.25) is 0 Å². The lowest BCUT2D eigenvalue weighted by Gasteiger charge is -2.15. The molecule has 10 heteroatoms. The number of rotatable bonds is 6. The van der Waals surface area contributed by atoms with Crippen molar-refractivity contribution < 1.29 is 18.0 Å². The lowest BCUT2D eigenvalue weighted by molar-refractivity contribution is -0.120. The van der Waals surface area contributed by atoms with Crippen LogP contribution in [0.15, 0.2) is 94.7 Å². The van der Waals surface area contributed by atoms with Gasteiger partial charge in [-0.25, -0.2) is 13.1 Å². The largest absolute Gasteiger partial charge is 0.340 e. The summed E-state index contributed by atoms with van der Waals surface area (Å²) in [6.45, 7) is 1.38. The van der Waals surface area contributed by atoms with Crippen LogP contribution in [0.4, 0.5) is 0 Å². The minimum atomic E-state index is -4.16. The first-order chi connectivity index (χ1) is 16.6. The van der Waals surface area contributed by atoms with Gasteiger partial charge < -0.3 is 5.32 Å². The fourth-order valence-corrected chi connectivity index (χ4v) is 4.67. The molecule has 1 heterocycles. The van der Waals surface area contributed by atoms with E-state index in [0.717, 1.165) is 5.39 Å². The third-order valence-corrected chi connectivity index (χ3v) is 6.87. The fourth-order valence-electron chi connectivity index (χ4n) is 3.40. The van der Waals surface area contributed by atoms with Crippen LogP contribution in [0, 0.1) is 0 Å². The van der Waals surface area contributed by atoms with Gasteiger partial charge in [-0.1, -0.05) is 29.8 Å². The Morgan fingerprint density at radius 2 is 1.60 bits per heavy atom.